The molecule has 0 fully saturated rings. The largest absolute Gasteiger partial charge is 0.493 e. The number of amides is 1. The van der Waals surface area contributed by atoms with Crippen LogP contribution in [0.5, 0.6) is 28.7 Å². The first-order valence-corrected chi connectivity index (χ1v) is 10.6. The van der Waals surface area contributed by atoms with Crippen molar-refractivity contribution in [3.05, 3.63) is 77.4 Å². The van der Waals surface area contributed by atoms with E-state index in [1.807, 2.05) is 55.5 Å². The smallest absolute Gasteiger partial charge is 0.251 e. The maximum Gasteiger partial charge on any atom is 0.251 e. The fourth-order valence-corrected chi connectivity index (χ4v) is 3.26. The van der Waals surface area contributed by atoms with Crippen molar-refractivity contribution in [3.8, 4) is 28.7 Å². The molecule has 7 nitrogen and oxygen atoms in total. The lowest BCUT2D eigenvalue weighted by molar-refractivity contribution is 0.0950. The second-order valence-electron chi connectivity index (χ2n) is 7.09. The molecule has 0 atom stereocenters. The Bertz CT molecular complexity index is 1040. The molecule has 3 aromatic carbocycles. The van der Waals surface area contributed by atoms with Crippen LogP contribution >= 0.6 is 0 Å². The minimum Gasteiger partial charge on any atom is -0.493 e. The van der Waals surface area contributed by atoms with Crippen molar-refractivity contribution in [1.82, 2.24) is 5.32 Å². The van der Waals surface area contributed by atoms with Gasteiger partial charge in [0.15, 0.2) is 23.0 Å². The van der Waals surface area contributed by atoms with E-state index >= 15 is 0 Å². The van der Waals surface area contributed by atoms with Gasteiger partial charge in [0.25, 0.3) is 5.91 Å². The zero-order valence-electron chi connectivity index (χ0n) is 19.3. The molecule has 0 radical (unpaired) electrons. The first kappa shape index (κ1) is 23.8. The van der Waals surface area contributed by atoms with Gasteiger partial charge in [-0.2, -0.15) is 0 Å². The average Bonchev–Trinajstić information content (AvgIpc) is 2.86. The molecule has 7 heteroatoms. The highest BCUT2D eigenvalue weighted by Gasteiger charge is 2.18. The van der Waals surface area contributed by atoms with E-state index in [0.717, 1.165) is 11.1 Å². The van der Waals surface area contributed by atoms with Gasteiger partial charge in [0, 0.05) is 12.1 Å². The first-order chi connectivity index (χ1) is 16.1. The molecule has 33 heavy (non-hydrogen) atoms. The molecule has 0 spiro atoms. The van der Waals surface area contributed by atoms with Crippen LogP contribution in [-0.4, -0.2) is 33.8 Å². The molecule has 1 amide bonds. The van der Waals surface area contributed by atoms with E-state index in [1.165, 1.54) is 14.2 Å². The topological polar surface area (TPSA) is 75.3 Å². The van der Waals surface area contributed by atoms with Crippen LogP contribution in [0.15, 0.2) is 60.7 Å². The summed E-state index contributed by atoms with van der Waals surface area (Å²) in [6.45, 7) is 3.12. The summed E-state index contributed by atoms with van der Waals surface area (Å²) >= 11 is 0. The van der Waals surface area contributed by atoms with Gasteiger partial charge in [0.1, 0.15) is 6.61 Å². The summed E-state index contributed by atoms with van der Waals surface area (Å²) in [6, 6.07) is 18.6. The normalized spacial score (nSPS) is 10.3. The van der Waals surface area contributed by atoms with Crippen LogP contribution in [0, 0.1) is 0 Å². The predicted molar refractivity (Wildman–Crippen MR) is 126 cm³/mol. The fourth-order valence-electron chi connectivity index (χ4n) is 3.26. The summed E-state index contributed by atoms with van der Waals surface area (Å²) in [5.41, 5.74) is 2.29. The van der Waals surface area contributed by atoms with E-state index in [0.29, 0.717) is 54.1 Å². The lowest BCUT2D eigenvalue weighted by Crippen LogP contribution is -2.23. The van der Waals surface area contributed by atoms with Gasteiger partial charge in [0.2, 0.25) is 5.75 Å². The van der Waals surface area contributed by atoms with Crippen molar-refractivity contribution in [2.75, 3.05) is 27.9 Å². The van der Waals surface area contributed by atoms with E-state index in [1.54, 1.807) is 19.2 Å². The maximum atomic E-state index is 12.8. The Hall–Kier alpha value is -3.87. The van der Waals surface area contributed by atoms with Gasteiger partial charge in [-0.3, -0.25) is 4.79 Å². The molecule has 0 aliphatic rings. The Morgan fingerprint density at radius 1 is 0.758 bits per heavy atom. The van der Waals surface area contributed by atoms with Crippen LogP contribution in [0.25, 0.3) is 0 Å². The van der Waals surface area contributed by atoms with E-state index in [-0.39, 0.29) is 5.91 Å². The summed E-state index contributed by atoms with van der Waals surface area (Å²) in [7, 11) is 4.64. The van der Waals surface area contributed by atoms with Gasteiger partial charge in [-0.25, -0.2) is 0 Å². The standard InChI is InChI=1S/C26H29NO6/c1-5-32-21-12-11-19(13-22(21)29-2)16-27-26(28)20-14-23(30-3)25(24(15-20)31-4)33-17-18-9-7-6-8-10-18/h6-15H,5,16-17H2,1-4H3,(H,27,28). The quantitative estimate of drug-likeness (QED) is 0.459. The minimum absolute atomic E-state index is 0.269. The number of ether oxygens (including phenoxy) is 5. The van der Waals surface area contributed by atoms with Crippen molar-refractivity contribution in [3.63, 3.8) is 0 Å². The number of nitrogens with one attached hydrogen (secondary N) is 1. The van der Waals surface area contributed by atoms with Crippen molar-refractivity contribution in [2.45, 2.75) is 20.1 Å². The molecule has 3 rings (SSSR count). The fraction of sp³-hybridized carbons (Fsp3) is 0.269. The highest BCUT2D eigenvalue weighted by Crippen LogP contribution is 2.39. The summed E-state index contributed by atoms with van der Waals surface area (Å²) in [5, 5.41) is 2.91. The third-order valence-electron chi connectivity index (χ3n) is 4.93. The van der Waals surface area contributed by atoms with Gasteiger partial charge in [0.05, 0.1) is 27.9 Å². The molecule has 0 aromatic heterocycles. The number of benzene rings is 3. The molecule has 0 saturated carbocycles. The lowest BCUT2D eigenvalue weighted by atomic mass is 10.1. The molecule has 3 aromatic rings. The Kier molecular flexibility index (Phi) is 8.41. The van der Waals surface area contributed by atoms with Crippen LogP contribution < -0.4 is 29.0 Å². The van der Waals surface area contributed by atoms with Gasteiger partial charge < -0.3 is 29.0 Å². The van der Waals surface area contributed by atoms with Crippen molar-refractivity contribution in [1.29, 1.82) is 0 Å². The molecule has 0 heterocycles. The van der Waals surface area contributed by atoms with Crippen molar-refractivity contribution >= 4 is 5.91 Å². The Morgan fingerprint density at radius 3 is 2.03 bits per heavy atom. The Labute approximate surface area is 194 Å². The second-order valence-corrected chi connectivity index (χ2v) is 7.09. The van der Waals surface area contributed by atoms with Crippen molar-refractivity contribution in [2.24, 2.45) is 0 Å². The number of carbonyl (C=O) groups is 1. The lowest BCUT2D eigenvalue weighted by Gasteiger charge is -2.16. The summed E-state index contributed by atoms with van der Waals surface area (Å²) in [5.74, 6) is 2.28. The number of hydrogen-bond acceptors (Lipinski definition) is 6. The summed E-state index contributed by atoms with van der Waals surface area (Å²) in [4.78, 5) is 12.8. The predicted octanol–water partition coefficient (Wildman–Crippen LogP) is 4.62. The van der Waals surface area contributed by atoms with Crippen molar-refractivity contribution < 1.29 is 28.5 Å². The molecule has 0 aliphatic heterocycles. The van der Waals surface area contributed by atoms with E-state index in [4.69, 9.17) is 23.7 Å². The van der Waals surface area contributed by atoms with Gasteiger partial charge in [-0.15, -0.1) is 0 Å². The van der Waals surface area contributed by atoms with Gasteiger partial charge >= 0.3 is 0 Å². The van der Waals surface area contributed by atoms with Crippen LogP contribution in [0.4, 0.5) is 0 Å². The molecule has 0 bridgehead atoms. The molecule has 174 valence electrons. The first-order valence-electron chi connectivity index (χ1n) is 10.6. The highest BCUT2D eigenvalue weighted by atomic mass is 16.5. The molecular formula is C26H29NO6. The second kappa shape index (κ2) is 11.7. The Morgan fingerprint density at radius 2 is 1.42 bits per heavy atom. The number of methoxy groups -OCH3 is 3. The van der Waals surface area contributed by atoms with Gasteiger partial charge in [-0.1, -0.05) is 36.4 Å². The monoisotopic (exact) mass is 451 g/mol. The molecule has 0 saturated heterocycles. The zero-order valence-corrected chi connectivity index (χ0v) is 19.3. The SMILES string of the molecule is CCOc1ccc(CNC(=O)c2cc(OC)c(OCc3ccccc3)c(OC)c2)cc1OC. The van der Waals surface area contributed by atoms with Crippen LogP contribution in [0.3, 0.4) is 0 Å². The zero-order chi connectivity index (χ0) is 23.6. The molecule has 0 aliphatic carbocycles. The molecule has 1 N–H and O–H groups in total. The van der Waals surface area contributed by atoms with E-state index < -0.39 is 0 Å². The summed E-state index contributed by atoms with van der Waals surface area (Å²) in [6.07, 6.45) is 0. The highest BCUT2D eigenvalue weighted by molar-refractivity contribution is 5.95. The van der Waals surface area contributed by atoms with E-state index in [2.05, 4.69) is 5.32 Å². The molecular weight excluding hydrogens is 422 g/mol. The number of rotatable bonds is 11. The minimum atomic E-state index is -0.269. The van der Waals surface area contributed by atoms with Crippen LogP contribution in [0.1, 0.15) is 28.4 Å². The Balaban J connectivity index is 1.73. The number of hydrogen-bond donors (Lipinski definition) is 1. The van der Waals surface area contributed by atoms with Crippen LogP contribution in [-0.2, 0) is 13.2 Å². The third-order valence-corrected chi connectivity index (χ3v) is 4.93. The van der Waals surface area contributed by atoms with Gasteiger partial charge in [-0.05, 0) is 42.3 Å². The van der Waals surface area contributed by atoms with Crippen LogP contribution in [0.2, 0.25) is 0 Å². The molecule has 0 unspecified atom stereocenters. The summed E-state index contributed by atoms with van der Waals surface area (Å²) < 4.78 is 27.8. The number of carbonyl (C=O) groups excluding carboxylic acids is 1. The maximum absolute atomic E-state index is 12.8. The van der Waals surface area contributed by atoms with E-state index in [9.17, 15) is 4.79 Å². The third kappa shape index (κ3) is 6.10. The average molecular weight is 452 g/mol.